The second-order valence-electron chi connectivity index (χ2n) is 7.06. The third kappa shape index (κ3) is 3.00. The van der Waals surface area contributed by atoms with Crippen molar-refractivity contribution in [2.24, 2.45) is 0 Å². The van der Waals surface area contributed by atoms with E-state index in [1.807, 2.05) is 12.1 Å². The van der Waals surface area contributed by atoms with Gasteiger partial charge >= 0.3 is 0 Å². The van der Waals surface area contributed by atoms with Crippen molar-refractivity contribution in [2.45, 2.75) is 44.1 Å². The average molecular weight is 358 g/mol. The van der Waals surface area contributed by atoms with E-state index in [0.717, 1.165) is 11.1 Å². The van der Waals surface area contributed by atoms with Crippen molar-refractivity contribution >= 4 is 17.7 Å². The van der Waals surface area contributed by atoms with Crippen molar-refractivity contribution in [3.05, 3.63) is 34.9 Å². The van der Waals surface area contributed by atoms with Crippen molar-refractivity contribution in [1.82, 2.24) is 20.9 Å². The number of rotatable bonds is 4. The van der Waals surface area contributed by atoms with Crippen LogP contribution in [0.25, 0.3) is 0 Å². The molecule has 26 heavy (non-hydrogen) atoms. The number of aliphatic hydroxyl groups is 1. The summed E-state index contributed by atoms with van der Waals surface area (Å²) in [5.41, 5.74) is 2.51. The van der Waals surface area contributed by atoms with Crippen molar-refractivity contribution in [1.29, 1.82) is 0 Å². The Morgan fingerprint density at radius 1 is 1.23 bits per heavy atom. The van der Waals surface area contributed by atoms with Crippen LogP contribution in [0, 0.1) is 0 Å². The molecule has 3 atom stereocenters. The van der Waals surface area contributed by atoms with E-state index in [-0.39, 0.29) is 24.3 Å². The topological polar surface area (TPSA) is 111 Å². The molecule has 2 saturated heterocycles. The number of nitrogens with zero attached hydrogens (tertiary/aromatic N) is 1. The van der Waals surface area contributed by atoms with E-state index in [9.17, 15) is 19.5 Å². The highest BCUT2D eigenvalue weighted by atomic mass is 16.3. The predicted octanol–water partition coefficient (Wildman–Crippen LogP) is -1.13. The minimum atomic E-state index is -0.603. The van der Waals surface area contributed by atoms with E-state index in [1.54, 1.807) is 11.0 Å². The molecule has 3 amide bonds. The molecular weight excluding hydrogens is 336 g/mol. The minimum absolute atomic E-state index is 0.0193. The quantitative estimate of drug-likeness (QED) is 0.507. The number of nitrogens with one attached hydrogen (secondary N) is 3. The Balaban J connectivity index is 1.50. The Morgan fingerprint density at radius 3 is 2.81 bits per heavy atom. The number of carbonyl (C=O) groups is 3. The van der Waals surface area contributed by atoms with Gasteiger partial charge in [-0.1, -0.05) is 12.1 Å². The summed E-state index contributed by atoms with van der Waals surface area (Å²) in [7, 11) is 0. The molecule has 1 aromatic carbocycles. The summed E-state index contributed by atoms with van der Waals surface area (Å²) in [6, 6.07) is 4.95. The Labute approximate surface area is 150 Å². The monoisotopic (exact) mass is 358 g/mol. The summed E-state index contributed by atoms with van der Waals surface area (Å²) in [6.45, 7) is 2.19. The van der Waals surface area contributed by atoms with E-state index in [4.69, 9.17) is 0 Å². The molecule has 2 fully saturated rings. The zero-order valence-electron chi connectivity index (χ0n) is 14.3. The van der Waals surface area contributed by atoms with Crippen LogP contribution in [-0.2, 0) is 22.7 Å². The van der Waals surface area contributed by atoms with Crippen LogP contribution < -0.4 is 16.0 Å². The zero-order chi connectivity index (χ0) is 18.3. The highest BCUT2D eigenvalue weighted by molar-refractivity contribution is 6.05. The van der Waals surface area contributed by atoms with Crippen LogP contribution in [0.1, 0.15) is 34.3 Å². The lowest BCUT2D eigenvalue weighted by Crippen LogP contribution is -2.52. The molecule has 0 bridgehead atoms. The number of β-amino-alcohol motifs (C(OH)–C–C–N with tert-alkyl or cyclic N) is 1. The van der Waals surface area contributed by atoms with Gasteiger partial charge in [0.25, 0.3) is 5.91 Å². The number of amides is 3. The highest BCUT2D eigenvalue weighted by Gasteiger charge is 2.39. The van der Waals surface area contributed by atoms with Crippen molar-refractivity contribution in [2.75, 3.05) is 13.1 Å². The average Bonchev–Trinajstić information content (AvgIpc) is 3.17. The number of aliphatic hydroxyl groups excluding tert-OH is 1. The maximum Gasteiger partial charge on any atom is 0.255 e. The van der Waals surface area contributed by atoms with Gasteiger partial charge in [-0.25, -0.2) is 0 Å². The van der Waals surface area contributed by atoms with E-state index in [0.29, 0.717) is 38.2 Å². The Kier molecular flexibility index (Phi) is 4.47. The molecule has 138 valence electrons. The van der Waals surface area contributed by atoms with Gasteiger partial charge in [0.2, 0.25) is 11.8 Å². The van der Waals surface area contributed by atoms with E-state index in [1.165, 1.54) is 0 Å². The van der Waals surface area contributed by atoms with Gasteiger partial charge < -0.3 is 20.6 Å². The van der Waals surface area contributed by atoms with Crippen molar-refractivity contribution < 1.29 is 19.5 Å². The number of fused-ring (bicyclic) bond motifs is 1. The van der Waals surface area contributed by atoms with E-state index in [2.05, 4.69) is 16.0 Å². The maximum atomic E-state index is 12.8. The molecule has 3 aliphatic rings. The summed E-state index contributed by atoms with van der Waals surface area (Å²) in [5, 5.41) is 18.7. The number of benzene rings is 1. The first-order valence-corrected chi connectivity index (χ1v) is 8.92. The number of piperidine rings is 1. The number of carbonyl (C=O) groups excluding carboxylic acids is 3. The second-order valence-corrected chi connectivity index (χ2v) is 7.06. The first-order valence-electron chi connectivity index (χ1n) is 8.92. The molecule has 0 saturated carbocycles. The SMILES string of the molecule is O=C1CCC(N2Cc3c(CN[C@H]4CNC[C@@H]4O)cccc3C2=O)C(=O)N1. The standard InChI is InChI=1S/C18H22N4O4/c23-15-8-19-7-13(15)20-6-10-2-1-3-11-12(10)9-22(18(11)26)14-4-5-16(24)21-17(14)25/h1-3,13-15,19-20,23H,4-9H2,(H,21,24,25)/t13-,14?,15-/m0/s1. The van der Waals surface area contributed by atoms with Gasteiger partial charge in [0.05, 0.1) is 6.10 Å². The predicted molar refractivity (Wildman–Crippen MR) is 92.0 cm³/mol. The van der Waals surface area contributed by atoms with Gasteiger partial charge in [0.1, 0.15) is 6.04 Å². The first-order chi connectivity index (χ1) is 12.5. The van der Waals surface area contributed by atoms with Gasteiger partial charge in [-0.15, -0.1) is 0 Å². The van der Waals surface area contributed by atoms with Crippen LogP contribution in [0.5, 0.6) is 0 Å². The smallest absolute Gasteiger partial charge is 0.255 e. The first kappa shape index (κ1) is 17.1. The van der Waals surface area contributed by atoms with Gasteiger partial charge in [0.15, 0.2) is 0 Å². The lowest BCUT2D eigenvalue weighted by atomic mass is 10.0. The summed E-state index contributed by atoms with van der Waals surface area (Å²) in [4.78, 5) is 37.8. The third-order valence-electron chi connectivity index (χ3n) is 5.42. The molecule has 4 N–H and O–H groups in total. The molecule has 1 unspecified atom stereocenters. The fraction of sp³-hybridized carbons (Fsp3) is 0.500. The van der Waals surface area contributed by atoms with Crippen LogP contribution in [0.4, 0.5) is 0 Å². The normalized spacial score (nSPS) is 28.4. The lowest BCUT2D eigenvalue weighted by Gasteiger charge is -2.29. The Morgan fingerprint density at radius 2 is 2.08 bits per heavy atom. The summed E-state index contributed by atoms with van der Waals surface area (Å²) in [5.74, 6) is -0.856. The van der Waals surface area contributed by atoms with Crippen LogP contribution in [0.3, 0.4) is 0 Å². The second kappa shape index (κ2) is 6.79. The van der Waals surface area contributed by atoms with Crippen molar-refractivity contribution in [3.8, 4) is 0 Å². The molecule has 0 aromatic heterocycles. The lowest BCUT2D eigenvalue weighted by molar-refractivity contribution is -0.136. The van der Waals surface area contributed by atoms with Crippen LogP contribution in [0.15, 0.2) is 18.2 Å². The summed E-state index contributed by atoms with van der Waals surface area (Å²) in [6.07, 6.45) is 0.184. The van der Waals surface area contributed by atoms with Crippen molar-refractivity contribution in [3.63, 3.8) is 0 Å². The molecule has 8 nitrogen and oxygen atoms in total. The molecule has 0 spiro atoms. The fourth-order valence-corrected chi connectivity index (χ4v) is 3.93. The minimum Gasteiger partial charge on any atom is -0.390 e. The third-order valence-corrected chi connectivity index (χ3v) is 5.42. The van der Waals surface area contributed by atoms with Gasteiger partial charge in [-0.3, -0.25) is 19.7 Å². The number of hydrogen-bond donors (Lipinski definition) is 4. The van der Waals surface area contributed by atoms with Gasteiger partial charge in [-0.2, -0.15) is 0 Å². The summed E-state index contributed by atoms with van der Waals surface area (Å²) < 4.78 is 0. The largest absolute Gasteiger partial charge is 0.390 e. The van der Waals surface area contributed by atoms with E-state index < -0.39 is 18.1 Å². The van der Waals surface area contributed by atoms with Crippen LogP contribution >= 0.6 is 0 Å². The van der Waals surface area contributed by atoms with Crippen LogP contribution in [-0.4, -0.2) is 59.0 Å². The van der Waals surface area contributed by atoms with Crippen LogP contribution in [0.2, 0.25) is 0 Å². The zero-order valence-corrected chi connectivity index (χ0v) is 14.3. The molecule has 4 rings (SSSR count). The highest BCUT2D eigenvalue weighted by Crippen LogP contribution is 2.29. The summed E-state index contributed by atoms with van der Waals surface area (Å²) >= 11 is 0. The van der Waals surface area contributed by atoms with Gasteiger partial charge in [0, 0.05) is 44.2 Å². The number of hydrogen-bond acceptors (Lipinski definition) is 6. The fourth-order valence-electron chi connectivity index (χ4n) is 3.93. The Bertz CT molecular complexity index is 766. The molecule has 8 heteroatoms. The van der Waals surface area contributed by atoms with E-state index >= 15 is 0 Å². The Hall–Kier alpha value is -2.29. The number of imide groups is 1. The molecule has 0 aliphatic carbocycles. The molecular formula is C18H22N4O4. The maximum absolute atomic E-state index is 12.8. The molecule has 0 radical (unpaired) electrons. The van der Waals surface area contributed by atoms with Gasteiger partial charge in [-0.05, 0) is 23.6 Å². The molecule has 3 heterocycles. The molecule has 3 aliphatic heterocycles. The molecule has 1 aromatic rings.